The van der Waals surface area contributed by atoms with Gasteiger partial charge in [-0.25, -0.2) is 27.6 Å². The van der Waals surface area contributed by atoms with Crippen molar-refractivity contribution in [3.63, 3.8) is 0 Å². The third-order valence-electron chi connectivity index (χ3n) is 8.33. The van der Waals surface area contributed by atoms with Gasteiger partial charge in [0.25, 0.3) is 0 Å². The molecule has 3 heterocycles. The van der Waals surface area contributed by atoms with Crippen molar-refractivity contribution in [3.05, 3.63) is 114 Å². The number of ether oxygens (including phenoxy) is 3. The van der Waals surface area contributed by atoms with Gasteiger partial charge in [-0.2, -0.15) is 10.2 Å². The van der Waals surface area contributed by atoms with Gasteiger partial charge in [-0.3, -0.25) is 4.68 Å². The van der Waals surface area contributed by atoms with E-state index < -0.39 is 15.8 Å². The summed E-state index contributed by atoms with van der Waals surface area (Å²) in [6.45, 7) is 6.17. The number of sulfonamides is 1. The molecule has 14 nitrogen and oxygen atoms in total. The van der Waals surface area contributed by atoms with Gasteiger partial charge in [0.15, 0.2) is 0 Å². The van der Waals surface area contributed by atoms with Crippen LogP contribution >= 0.6 is 0 Å². The molecule has 0 bridgehead atoms. The molecule has 0 amide bonds. The second-order valence-corrected chi connectivity index (χ2v) is 13.4. The summed E-state index contributed by atoms with van der Waals surface area (Å²) in [6, 6.07) is 23.4. The van der Waals surface area contributed by atoms with Gasteiger partial charge in [0, 0.05) is 42.4 Å². The van der Waals surface area contributed by atoms with Gasteiger partial charge in [-0.05, 0) is 80.1 Å². The van der Waals surface area contributed by atoms with E-state index in [0.717, 1.165) is 23.5 Å². The van der Waals surface area contributed by atoms with Crippen molar-refractivity contribution < 1.29 is 22.6 Å². The number of anilines is 2. The van der Waals surface area contributed by atoms with E-state index in [4.69, 9.17) is 19.3 Å². The van der Waals surface area contributed by atoms with Crippen LogP contribution in [0, 0.1) is 0 Å². The number of nitrogens with one attached hydrogen (secondary N) is 2. The molecule has 2 aromatic heterocycles. The maximum absolute atomic E-state index is 12.7. The van der Waals surface area contributed by atoms with Crippen LogP contribution in [0.2, 0.25) is 0 Å². The highest BCUT2D eigenvalue weighted by atomic mass is 32.2. The number of primary sulfonamides is 1. The number of rotatable bonds is 15. The summed E-state index contributed by atoms with van der Waals surface area (Å²) in [7, 11) is -3.83. The van der Waals surface area contributed by atoms with Crippen LogP contribution in [0.25, 0.3) is 5.69 Å². The molecule has 0 saturated carbocycles. The summed E-state index contributed by atoms with van der Waals surface area (Å²) < 4.78 is 46.9. The molecule has 1 unspecified atom stereocenters. The first-order chi connectivity index (χ1) is 23.6. The predicted molar refractivity (Wildman–Crippen MR) is 184 cm³/mol. The molecule has 0 radical (unpaired) electrons. The van der Waals surface area contributed by atoms with E-state index in [9.17, 15) is 13.2 Å². The van der Waals surface area contributed by atoms with Gasteiger partial charge in [0.05, 0.1) is 29.8 Å². The molecule has 6 rings (SSSR count). The summed E-state index contributed by atoms with van der Waals surface area (Å²) in [5.74, 6) is -0.499. The topological polar surface area (TPSA) is 170 Å². The van der Waals surface area contributed by atoms with Crippen molar-refractivity contribution in [2.24, 2.45) is 5.14 Å². The number of nitrogens with two attached hydrogens (primary N) is 1. The fourth-order valence-corrected chi connectivity index (χ4v) is 5.97. The Kier molecular flexibility index (Phi) is 10.1. The average molecular weight is 689 g/mol. The predicted octanol–water partition coefficient (Wildman–Crippen LogP) is 3.72. The van der Waals surface area contributed by atoms with E-state index in [0.29, 0.717) is 24.4 Å². The minimum atomic E-state index is -3.83. The third-order valence-corrected chi connectivity index (χ3v) is 9.26. The second-order valence-electron chi connectivity index (χ2n) is 11.8. The zero-order chi connectivity index (χ0) is 34.4. The molecular formula is C34H40N8O6S. The molecule has 49 heavy (non-hydrogen) atoms. The summed E-state index contributed by atoms with van der Waals surface area (Å²) in [4.78, 5) is 12.7. The van der Waals surface area contributed by atoms with Crippen molar-refractivity contribution in [1.29, 1.82) is 0 Å². The summed E-state index contributed by atoms with van der Waals surface area (Å²) in [5, 5.41) is 20.6. The summed E-state index contributed by atoms with van der Waals surface area (Å²) >= 11 is 0. The van der Waals surface area contributed by atoms with Crippen molar-refractivity contribution >= 4 is 21.4 Å². The van der Waals surface area contributed by atoms with Gasteiger partial charge in [-0.1, -0.05) is 19.1 Å². The molecule has 1 saturated heterocycles. The Hall–Kier alpha value is -4.96. The lowest BCUT2D eigenvalue weighted by Crippen LogP contribution is -2.34. The number of hydrogen-bond donors (Lipinski definition) is 3. The maximum Gasteiger partial charge on any atom is 0.350 e. The van der Waals surface area contributed by atoms with Crippen LogP contribution in [0.15, 0.2) is 107 Å². The number of nitrogens with zero attached hydrogens (tertiary/aromatic N) is 5. The molecule has 5 aromatic rings. The zero-order valence-corrected chi connectivity index (χ0v) is 28.1. The SMILES string of the molecule is CCC(C)n1ncn(-c2ccc(NCCNc3ccc(OC[C@@H]4CO[C@@](Cn5cccn5)(c5ccc(S(N)(=O)=O)cc5)O4)cc3)cc2)c1=O. The zero-order valence-electron chi connectivity index (χ0n) is 27.3. The Morgan fingerprint density at radius 2 is 1.67 bits per heavy atom. The third kappa shape index (κ3) is 8.03. The Labute approximate surface area is 284 Å². The van der Waals surface area contributed by atoms with Crippen LogP contribution in [-0.2, 0) is 31.8 Å². The molecule has 15 heteroatoms. The minimum absolute atomic E-state index is 0.00449. The van der Waals surface area contributed by atoms with Crippen LogP contribution in [0.1, 0.15) is 31.9 Å². The van der Waals surface area contributed by atoms with Crippen molar-refractivity contribution in [1.82, 2.24) is 24.1 Å². The molecule has 1 aliphatic heterocycles. The van der Waals surface area contributed by atoms with E-state index in [1.165, 1.54) is 16.8 Å². The van der Waals surface area contributed by atoms with Gasteiger partial charge in [0.1, 0.15) is 24.8 Å². The highest BCUT2D eigenvalue weighted by Crippen LogP contribution is 2.36. The first-order valence-electron chi connectivity index (χ1n) is 16.0. The standard InChI is InChI=1S/C34H40N8O6S/c1-3-25(2)42-33(43)41(24-39-42)29-11-7-27(8-12-29)36-18-19-37-28-9-13-30(14-10-28)46-21-31-22-47-34(48-31,23-40-20-4-17-38-40)26-5-15-32(16-6-26)49(35,44)45/h4-17,20,24-25,31,36-37H,3,18-19,21-23H2,1-2H3,(H2,35,44,45)/t25?,31-,34-/m1/s1. The normalized spacial score (nSPS) is 18.3. The number of hydrogen-bond acceptors (Lipinski definition) is 10. The Morgan fingerprint density at radius 3 is 2.29 bits per heavy atom. The van der Waals surface area contributed by atoms with Gasteiger partial charge in [-0.15, -0.1) is 0 Å². The maximum atomic E-state index is 12.7. The van der Waals surface area contributed by atoms with Crippen LogP contribution in [0.5, 0.6) is 5.75 Å². The molecular weight excluding hydrogens is 648 g/mol. The van der Waals surface area contributed by atoms with Crippen molar-refractivity contribution in [2.75, 3.05) is 36.9 Å². The fourth-order valence-electron chi connectivity index (χ4n) is 5.46. The van der Waals surface area contributed by atoms with Gasteiger partial charge < -0.3 is 24.8 Å². The summed E-state index contributed by atoms with van der Waals surface area (Å²) in [5.41, 5.74) is 3.16. The largest absolute Gasteiger partial charge is 0.491 e. The molecule has 4 N–H and O–H groups in total. The van der Waals surface area contributed by atoms with Crippen molar-refractivity contribution in [3.8, 4) is 11.4 Å². The molecule has 258 valence electrons. The van der Waals surface area contributed by atoms with Crippen LogP contribution in [0.4, 0.5) is 11.4 Å². The monoisotopic (exact) mass is 688 g/mol. The van der Waals surface area contributed by atoms with E-state index in [-0.39, 0.29) is 42.5 Å². The lowest BCUT2D eigenvalue weighted by Gasteiger charge is -2.28. The minimum Gasteiger partial charge on any atom is -0.491 e. The molecule has 3 aromatic carbocycles. The Bertz CT molecular complexity index is 1980. The van der Waals surface area contributed by atoms with E-state index in [1.807, 2.05) is 62.4 Å². The lowest BCUT2D eigenvalue weighted by molar-refractivity contribution is -0.190. The van der Waals surface area contributed by atoms with Gasteiger partial charge >= 0.3 is 5.69 Å². The number of aromatic nitrogens is 5. The van der Waals surface area contributed by atoms with E-state index >= 15 is 0 Å². The highest BCUT2D eigenvalue weighted by Gasteiger charge is 2.44. The van der Waals surface area contributed by atoms with Crippen LogP contribution in [-0.4, -0.2) is 65.0 Å². The molecule has 0 spiro atoms. The lowest BCUT2D eigenvalue weighted by atomic mass is 10.1. The van der Waals surface area contributed by atoms with E-state index in [2.05, 4.69) is 20.8 Å². The molecule has 1 fully saturated rings. The van der Waals surface area contributed by atoms with Crippen LogP contribution in [0.3, 0.4) is 0 Å². The van der Waals surface area contributed by atoms with Crippen molar-refractivity contribution in [2.45, 2.75) is 49.6 Å². The first-order valence-corrected chi connectivity index (χ1v) is 17.6. The quantitative estimate of drug-likeness (QED) is 0.138. The van der Waals surface area contributed by atoms with E-state index in [1.54, 1.807) is 46.2 Å². The Balaban J connectivity index is 0.973. The molecule has 0 aliphatic carbocycles. The van der Waals surface area contributed by atoms with Crippen LogP contribution < -0.4 is 26.2 Å². The smallest absolute Gasteiger partial charge is 0.350 e. The summed E-state index contributed by atoms with van der Waals surface area (Å²) in [6.07, 6.45) is 5.48. The second kappa shape index (κ2) is 14.7. The Morgan fingerprint density at radius 1 is 1.00 bits per heavy atom. The molecule has 3 atom stereocenters. The number of benzene rings is 3. The van der Waals surface area contributed by atoms with Gasteiger partial charge in [0.2, 0.25) is 15.8 Å². The average Bonchev–Trinajstić information content (AvgIpc) is 3.87. The highest BCUT2D eigenvalue weighted by molar-refractivity contribution is 7.89. The molecule has 1 aliphatic rings. The first kappa shape index (κ1) is 33.9. The fraction of sp³-hybridized carbons (Fsp3) is 0.324.